The molecule has 7 nitrogen and oxygen atoms in total. The Morgan fingerprint density at radius 1 is 1.09 bits per heavy atom. The minimum absolute atomic E-state index is 0.0733. The molecule has 32 heavy (non-hydrogen) atoms. The number of ether oxygens (including phenoxy) is 2. The summed E-state index contributed by atoms with van der Waals surface area (Å²) in [6, 6.07) is 14.4. The third-order valence-electron chi connectivity index (χ3n) is 5.23. The average Bonchev–Trinajstić information content (AvgIpc) is 2.72. The number of piperazine rings is 1. The second-order valence-electron chi connectivity index (χ2n) is 9.11. The Hall–Kier alpha value is -3.22. The molecule has 1 aliphatic rings. The number of amides is 2. The lowest BCUT2D eigenvalue weighted by atomic mass is 10.1. The Balaban J connectivity index is 1.62. The van der Waals surface area contributed by atoms with Gasteiger partial charge in [0.15, 0.2) is 0 Å². The second kappa shape index (κ2) is 9.94. The fourth-order valence-electron chi connectivity index (χ4n) is 3.63. The molecule has 1 heterocycles. The summed E-state index contributed by atoms with van der Waals surface area (Å²) < 4.78 is 11.4. The van der Waals surface area contributed by atoms with E-state index in [0.717, 1.165) is 5.56 Å². The van der Waals surface area contributed by atoms with Crippen molar-refractivity contribution < 1.29 is 24.2 Å². The summed E-state index contributed by atoms with van der Waals surface area (Å²) >= 11 is 0. The maximum Gasteiger partial charge on any atom is 0.410 e. The number of nitrogens with zero attached hydrogens (tertiary/aromatic N) is 2. The van der Waals surface area contributed by atoms with Crippen molar-refractivity contribution >= 4 is 12.0 Å². The van der Waals surface area contributed by atoms with Crippen molar-refractivity contribution in [2.75, 3.05) is 19.6 Å². The summed E-state index contributed by atoms with van der Waals surface area (Å²) in [6.07, 6.45) is -0.251. The summed E-state index contributed by atoms with van der Waals surface area (Å²) in [5.74, 6) is 0.583. The predicted octanol–water partition coefficient (Wildman–Crippen LogP) is 3.98. The molecule has 1 aliphatic heterocycles. The van der Waals surface area contributed by atoms with Crippen molar-refractivity contribution in [1.82, 2.24) is 9.80 Å². The lowest BCUT2D eigenvalue weighted by molar-refractivity contribution is -0.133. The quantitative estimate of drug-likeness (QED) is 0.761. The van der Waals surface area contributed by atoms with E-state index in [0.29, 0.717) is 37.6 Å². The summed E-state index contributed by atoms with van der Waals surface area (Å²) in [7, 11) is 0. The third kappa shape index (κ3) is 6.39. The Morgan fingerprint density at radius 3 is 2.47 bits per heavy atom. The Morgan fingerprint density at radius 2 is 1.81 bits per heavy atom. The number of benzene rings is 2. The molecule has 0 spiro atoms. The molecular formula is C25H32N2O5. The van der Waals surface area contributed by atoms with E-state index in [1.807, 2.05) is 58.0 Å². The van der Waals surface area contributed by atoms with Crippen molar-refractivity contribution in [2.24, 2.45) is 0 Å². The molecule has 0 aliphatic carbocycles. The monoisotopic (exact) mass is 440 g/mol. The topological polar surface area (TPSA) is 79.3 Å². The maximum absolute atomic E-state index is 13.0. The van der Waals surface area contributed by atoms with Gasteiger partial charge < -0.3 is 24.4 Å². The van der Waals surface area contributed by atoms with Gasteiger partial charge in [-0.1, -0.05) is 30.3 Å². The van der Waals surface area contributed by atoms with E-state index in [1.165, 1.54) is 0 Å². The van der Waals surface area contributed by atoms with Crippen LogP contribution in [0.25, 0.3) is 0 Å². The molecule has 0 bridgehead atoms. The van der Waals surface area contributed by atoms with Crippen LogP contribution in [0.2, 0.25) is 0 Å². The largest absolute Gasteiger partial charge is 0.508 e. The zero-order chi connectivity index (χ0) is 23.3. The smallest absolute Gasteiger partial charge is 0.410 e. The van der Waals surface area contributed by atoms with Crippen LogP contribution in [0.5, 0.6) is 11.5 Å². The van der Waals surface area contributed by atoms with E-state index in [1.54, 1.807) is 28.0 Å². The molecular weight excluding hydrogens is 408 g/mol. The van der Waals surface area contributed by atoms with Gasteiger partial charge in [0, 0.05) is 31.2 Å². The van der Waals surface area contributed by atoms with Crippen molar-refractivity contribution in [3.8, 4) is 11.5 Å². The minimum Gasteiger partial charge on any atom is -0.508 e. The average molecular weight is 441 g/mol. The first-order valence-corrected chi connectivity index (χ1v) is 10.9. The van der Waals surface area contributed by atoms with Crippen LogP contribution < -0.4 is 4.74 Å². The van der Waals surface area contributed by atoms with Crippen LogP contribution in [0.1, 0.15) is 38.8 Å². The normalized spacial score (nSPS) is 16.6. The van der Waals surface area contributed by atoms with Gasteiger partial charge in [0.05, 0.1) is 6.42 Å². The van der Waals surface area contributed by atoms with Crippen molar-refractivity contribution in [3.05, 3.63) is 59.7 Å². The van der Waals surface area contributed by atoms with Gasteiger partial charge in [-0.3, -0.25) is 4.79 Å². The number of carbonyl (C=O) groups is 2. The zero-order valence-electron chi connectivity index (χ0n) is 19.2. The number of carbonyl (C=O) groups excluding carboxylic acids is 2. The highest BCUT2D eigenvalue weighted by Crippen LogP contribution is 2.26. The fraction of sp³-hybridized carbons (Fsp3) is 0.440. The molecule has 1 N–H and O–H groups in total. The van der Waals surface area contributed by atoms with Gasteiger partial charge in [-0.2, -0.15) is 0 Å². The highest BCUT2D eigenvalue weighted by atomic mass is 16.6. The molecule has 0 radical (unpaired) electrons. The molecule has 0 saturated carbocycles. The van der Waals surface area contributed by atoms with Crippen LogP contribution in [-0.4, -0.2) is 58.2 Å². The van der Waals surface area contributed by atoms with E-state index < -0.39 is 5.60 Å². The SMILES string of the molecule is CC1CN(C(=O)Cc2cc(O)ccc2OCc2ccccc2)CCN1C(=O)OC(C)(C)C. The van der Waals surface area contributed by atoms with Crippen LogP contribution >= 0.6 is 0 Å². The number of hydrogen-bond donors (Lipinski definition) is 1. The standard InChI is InChI=1S/C25H32N2O5/c1-18-16-26(12-13-27(18)24(30)32-25(2,3)4)23(29)15-20-14-21(28)10-11-22(20)31-17-19-8-6-5-7-9-19/h5-11,14,18,28H,12-13,15-17H2,1-4H3. The molecule has 2 amide bonds. The maximum atomic E-state index is 13.0. The lowest BCUT2D eigenvalue weighted by Crippen LogP contribution is -2.56. The molecule has 2 aromatic carbocycles. The van der Waals surface area contributed by atoms with E-state index in [9.17, 15) is 14.7 Å². The number of rotatable bonds is 5. The van der Waals surface area contributed by atoms with Crippen molar-refractivity contribution in [2.45, 2.75) is 52.4 Å². The van der Waals surface area contributed by atoms with Crippen LogP contribution in [0.4, 0.5) is 4.79 Å². The van der Waals surface area contributed by atoms with Gasteiger partial charge in [0.1, 0.15) is 23.7 Å². The van der Waals surface area contributed by atoms with Crippen molar-refractivity contribution in [1.29, 1.82) is 0 Å². The van der Waals surface area contributed by atoms with Crippen LogP contribution in [-0.2, 0) is 22.6 Å². The van der Waals surface area contributed by atoms with E-state index in [4.69, 9.17) is 9.47 Å². The molecule has 1 atom stereocenters. The van der Waals surface area contributed by atoms with Gasteiger partial charge in [-0.15, -0.1) is 0 Å². The lowest BCUT2D eigenvalue weighted by Gasteiger charge is -2.40. The number of phenols is 1. The van der Waals surface area contributed by atoms with Gasteiger partial charge in [0.25, 0.3) is 0 Å². The molecule has 2 aromatic rings. The number of phenolic OH excluding ortho intramolecular Hbond substituents is 1. The fourth-order valence-corrected chi connectivity index (χ4v) is 3.63. The Kier molecular flexibility index (Phi) is 7.28. The Bertz CT molecular complexity index is 939. The third-order valence-corrected chi connectivity index (χ3v) is 5.23. The number of hydrogen-bond acceptors (Lipinski definition) is 5. The first-order chi connectivity index (χ1) is 15.1. The molecule has 1 saturated heterocycles. The van der Waals surface area contributed by atoms with Gasteiger partial charge >= 0.3 is 6.09 Å². The van der Waals surface area contributed by atoms with E-state index in [-0.39, 0.29) is 30.2 Å². The molecule has 7 heteroatoms. The summed E-state index contributed by atoms with van der Waals surface area (Å²) in [6.45, 7) is 9.06. The molecule has 1 unspecified atom stereocenters. The second-order valence-corrected chi connectivity index (χ2v) is 9.11. The summed E-state index contributed by atoms with van der Waals surface area (Å²) in [4.78, 5) is 28.8. The summed E-state index contributed by atoms with van der Waals surface area (Å²) in [5.41, 5.74) is 1.09. The highest BCUT2D eigenvalue weighted by molar-refractivity contribution is 5.80. The Labute approximate surface area is 189 Å². The van der Waals surface area contributed by atoms with Gasteiger partial charge in [-0.25, -0.2) is 4.79 Å². The molecule has 172 valence electrons. The molecule has 0 aromatic heterocycles. The zero-order valence-corrected chi connectivity index (χ0v) is 19.2. The van der Waals surface area contributed by atoms with Gasteiger partial charge in [0.2, 0.25) is 5.91 Å². The van der Waals surface area contributed by atoms with Crippen LogP contribution in [0.15, 0.2) is 48.5 Å². The van der Waals surface area contributed by atoms with Crippen LogP contribution in [0.3, 0.4) is 0 Å². The van der Waals surface area contributed by atoms with Crippen LogP contribution in [0, 0.1) is 0 Å². The highest BCUT2D eigenvalue weighted by Gasteiger charge is 2.32. The molecule has 3 rings (SSSR count). The van der Waals surface area contributed by atoms with Crippen molar-refractivity contribution in [3.63, 3.8) is 0 Å². The first kappa shape index (κ1) is 23.4. The van der Waals surface area contributed by atoms with Gasteiger partial charge in [-0.05, 0) is 51.5 Å². The minimum atomic E-state index is -0.560. The number of aromatic hydroxyl groups is 1. The summed E-state index contributed by atoms with van der Waals surface area (Å²) in [5, 5.41) is 9.94. The predicted molar refractivity (Wildman–Crippen MR) is 122 cm³/mol. The van der Waals surface area contributed by atoms with E-state index in [2.05, 4.69) is 0 Å². The first-order valence-electron chi connectivity index (χ1n) is 10.9. The molecule has 1 fully saturated rings. The van der Waals surface area contributed by atoms with E-state index >= 15 is 0 Å².